The number of hydroxylamine groups is 1. The van der Waals surface area contributed by atoms with Crippen molar-refractivity contribution in [3.8, 4) is 0 Å². The maximum atomic E-state index is 5.07. The molecule has 0 unspecified atom stereocenters. The fraction of sp³-hybridized carbons (Fsp3) is 0.250. The summed E-state index contributed by atoms with van der Waals surface area (Å²) in [6.45, 7) is 0.857. The summed E-state index contributed by atoms with van der Waals surface area (Å²) < 4.78 is 0. The molecule has 0 amide bonds. The second kappa shape index (κ2) is 2.53. The van der Waals surface area contributed by atoms with Crippen LogP contribution in [0.25, 0.3) is 0 Å². The van der Waals surface area contributed by atoms with Crippen LogP contribution in [0, 0.1) is 0 Å². The van der Waals surface area contributed by atoms with Gasteiger partial charge in [0.15, 0.2) is 0 Å². The third kappa shape index (κ3) is 0.982. The van der Waals surface area contributed by atoms with E-state index in [-0.39, 0.29) is 0 Å². The van der Waals surface area contributed by atoms with Gasteiger partial charge in [0.25, 0.3) is 0 Å². The van der Waals surface area contributed by atoms with Crippen molar-refractivity contribution in [3.63, 3.8) is 0 Å². The molecule has 0 saturated carbocycles. The molecule has 0 saturated heterocycles. The van der Waals surface area contributed by atoms with E-state index in [1.165, 1.54) is 5.56 Å². The quantitative estimate of drug-likeness (QED) is 0.603. The average molecular weight is 150 g/mol. The summed E-state index contributed by atoms with van der Waals surface area (Å²) in [5.41, 5.74) is 2.40. The number of nitrogens with zero attached hydrogens (tertiary/aromatic N) is 1. The predicted octanol–water partition coefficient (Wildman–Crippen LogP) is 0.854. The highest BCUT2D eigenvalue weighted by atomic mass is 16.8. The van der Waals surface area contributed by atoms with Crippen LogP contribution >= 0.6 is 0 Å². The van der Waals surface area contributed by atoms with Gasteiger partial charge in [-0.05, 0) is 18.1 Å². The molecule has 0 atom stereocenters. The third-order valence-corrected chi connectivity index (χ3v) is 1.97. The second-order valence-corrected chi connectivity index (χ2v) is 2.59. The van der Waals surface area contributed by atoms with Gasteiger partial charge in [0.2, 0.25) is 0 Å². The minimum atomic E-state index is 0.857. The molecule has 0 radical (unpaired) electrons. The van der Waals surface area contributed by atoms with Crippen LogP contribution in [0.1, 0.15) is 5.56 Å². The number of anilines is 1. The van der Waals surface area contributed by atoms with E-state index >= 15 is 0 Å². The molecule has 1 aromatic rings. The van der Waals surface area contributed by atoms with E-state index < -0.39 is 0 Å². The van der Waals surface area contributed by atoms with Gasteiger partial charge in [-0.1, -0.05) is 18.2 Å². The zero-order valence-electron chi connectivity index (χ0n) is 6.16. The first-order chi connectivity index (χ1) is 5.42. The molecule has 3 nitrogen and oxygen atoms in total. The SMILES string of the molecule is NON1CCc2ccccc21. The third-order valence-electron chi connectivity index (χ3n) is 1.97. The van der Waals surface area contributed by atoms with Gasteiger partial charge in [-0.25, -0.2) is 5.06 Å². The summed E-state index contributed by atoms with van der Waals surface area (Å²) >= 11 is 0. The molecule has 0 spiro atoms. The van der Waals surface area contributed by atoms with Crippen LogP contribution in [0.5, 0.6) is 0 Å². The normalized spacial score (nSPS) is 15.2. The lowest BCUT2D eigenvalue weighted by atomic mass is 10.2. The number of nitrogens with two attached hydrogens (primary N) is 1. The number of fused-ring (bicyclic) bond motifs is 1. The molecule has 1 aliphatic heterocycles. The number of benzene rings is 1. The first-order valence-corrected chi connectivity index (χ1v) is 3.64. The van der Waals surface area contributed by atoms with E-state index in [9.17, 15) is 0 Å². The van der Waals surface area contributed by atoms with E-state index in [4.69, 9.17) is 5.90 Å². The Bertz CT molecular complexity index is 262. The van der Waals surface area contributed by atoms with Crippen LogP contribution in [0.2, 0.25) is 0 Å². The second-order valence-electron chi connectivity index (χ2n) is 2.59. The molecule has 2 rings (SSSR count). The summed E-state index contributed by atoms with van der Waals surface area (Å²) in [5, 5.41) is 1.70. The Morgan fingerprint density at radius 3 is 3.00 bits per heavy atom. The molecule has 1 aliphatic rings. The molecule has 0 fully saturated rings. The van der Waals surface area contributed by atoms with Crippen molar-refractivity contribution in [3.05, 3.63) is 29.8 Å². The van der Waals surface area contributed by atoms with Crippen molar-refractivity contribution in [1.82, 2.24) is 0 Å². The Kier molecular flexibility index (Phi) is 1.52. The van der Waals surface area contributed by atoms with Crippen LogP contribution in [-0.4, -0.2) is 6.54 Å². The van der Waals surface area contributed by atoms with Gasteiger partial charge in [0.1, 0.15) is 0 Å². The van der Waals surface area contributed by atoms with E-state index in [0.717, 1.165) is 18.7 Å². The van der Waals surface area contributed by atoms with E-state index in [0.29, 0.717) is 0 Å². The van der Waals surface area contributed by atoms with Crippen LogP contribution in [0.15, 0.2) is 24.3 Å². The smallest absolute Gasteiger partial charge is 0.0688 e. The van der Waals surface area contributed by atoms with Gasteiger partial charge in [-0.15, -0.1) is 0 Å². The summed E-state index contributed by atoms with van der Waals surface area (Å²) in [4.78, 5) is 4.67. The standard InChI is InChI=1S/C8H10N2O/c9-11-10-6-5-7-3-1-2-4-8(7)10/h1-4H,5-6,9H2. The molecule has 1 heterocycles. The summed E-state index contributed by atoms with van der Waals surface area (Å²) in [6.07, 6.45) is 1.02. The number of hydrogen-bond acceptors (Lipinski definition) is 3. The van der Waals surface area contributed by atoms with E-state index in [1.807, 2.05) is 18.2 Å². The Morgan fingerprint density at radius 1 is 1.36 bits per heavy atom. The van der Waals surface area contributed by atoms with Gasteiger partial charge in [0.05, 0.1) is 12.2 Å². The zero-order valence-corrected chi connectivity index (χ0v) is 6.16. The highest BCUT2D eigenvalue weighted by Gasteiger charge is 2.17. The lowest BCUT2D eigenvalue weighted by Gasteiger charge is -2.13. The van der Waals surface area contributed by atoms with Crippen molar-refractivity contribution >= 4 is 5.69 Å². The van der Waals surface area contributed by atoms with Crippen LogP contribution in [0.3, 0.4) is 0 Å². The predicted molar refractivity (Wildman–Crippen MR) is 42.8 cm³/mol. The van der Waals surface area contributed by atoms with Crippen LogP contribution < -0.4 is 11.0 Å². The monoisotopic (exact) mass is 150 g/mol. The lowest BCUT2D eigenvalue weighted by molar-refractivity contribution is 0.116. The van der Waals surface area contributed by atoms with Gasteiger partial charge in [-0.3, -0.25) is 0 Å². The molecule has 58 valence electrons. The van der Waals surface area contributed by atoms with Crippen molar-refractivity contribution < 1.29 is 4.94 Å². The topological polar surface area (TPSA) is 38.5 Å². The minimum Gasteiger partial charge on any atom is -0.235 e. The molecule has 11 heavy (non-hydrogen) atoms. The van der Waals surface area contributed by atoms with Crippen molar-refractivity contribution in [2.45, 2.75) is 6.42 Å². The van der Waals surface area contributed by atoms with Crippen LogP contribution in [-0.2, 0) is 11.4 Å². The van der Waals surface area contributed by atoms with Crippen LogP contribution in [0.4, 0.5) is 5.69 Å². The first kappa shape index (κ1) is 6.64. The molecule has 0 aromatic heterocycles. The fourth-order valence-corrected chi connectivity index (χ4v) is 1.42. The molecule has 0 bridgehead atoms. The van der Waals surface area contributed by atoms with Gasteiger partial charge >= 0.3 is 0 Å². The molecule has 2 N–H and O–H groups in total. The van der Waals surface area contributed by atoms with E-state index in [1.54, 1.807) is 5.06 Å². The van der Waals surface area contributed by atoms with Gasteiger partial charge < -0.3 is 0 Å². The maximum Gasteiger partial charge on any atom is 0.0688 e. The summed E-state index contributed by atoms with van der Waals surface area (Å²) in [7, 11) is 0. The largest absolute Gasteiger partial charge is 0.235 e. The van der Waals surface area contributed by atoms with Gasteiger partial charge in [-0.2, -0.15) is 10.8 Å². The van der Waals surface area contributed by atoms with E-state index in [2.05, 4.69) is 11.0 Å². The Morgan fingerprint density at radius 2 is 2.18 bits per heavy atom. The lowest BCUT2D eigenvalue weighted by Crippen LogP contribution is -2.24. The summed E-state index contributed by atoms with van der Waals surface area (Å²) in [6, 6.07) is 8.11. The molecular formula is C8H10N2O. The minimum absolute atomic E-state index is 0.857. The first-order valence-electron chi connectivity index (χ1n) is 3.64. The van der Waals surface area contributed by atoms with Crippen molar-refractivity contribution in [2.75, 3.05) is 11.6 Å². The Labute approximate surface area is 65.3 Å². The summed E-state index contributed by atoms with van der Waals surface area (Å²) in [5.74, 6) is 5.07. The van der Waals surface area contributed by atoms with Crippen molar-refractivity contribution in [2.24, 2.45) is 5.90 Å². The number of hydrogen-bond donors (Lipinski definition) is 1. The Balaban J connectivity index is 2.39. The average Bonchev–Trinajstić information content (AvgIpc) is 2.47. The highest BCUT2D eigenvalue weighted by Crippen LogP contribution is 2.26. The highest BCUT2D eigenvalue weighted by molar-refractivity contribution is 5.55. The zero-order chi connectivity index (χ0) is 7.68. The molecule has 1 aromatic carbocycles. The van der Waals surface area contributed by atoms with Crippen molar-refractivity contribution in [1.29, 1.82) is 0 Å². The number of para-hydroxylation sites is 1. The molecule has 3 heteroatoms. The molecular weight excluding hydrogens is 140 g/mol. The molecule has 0 aliphatic carbocycles. The van der Waals surface area contributed by atoms with Gasteiger partial charge in [0, 0.05) is 0 Å². The fourth-order valence-electron chi connectivity index (χ4n) is 1.42. The number of rotatable bonds is 1. The Hall–Kier alpha value is -1.06. The maximum absolute atomic E-state index is 5.07.